The highest BCUT2D eigenvalue weighted by atomic mass is 16.6. The molecule has 0 aliphatic heterocycles. The van der Waals surface area contributed by atoms with E-state index in [9.17, 15) is 20.0 Å². The van der Waals surface area contributed by atoms with E-state index in [2.05, 4.69) is 0 Å². The van der Waals surface area contributed by atoms with Crippen LogP contribution in [-0.2, 0) is 17.6 Å². The first-order valence-corrected chi connectivity index (χ1v) is 9.04. The van der Waals surface area contributed by atoms with Gasteiger partial charge in [0.05, 0.1) is 18.1 Å². The third-order valence-electron chi connectivity index (χ3n) is 4.40. The van der Waals surface area contributed by atoms with Gasteiger partial charge in [0.2, 0.25) is 0 Å². The summed E-state index contributed by atoms with van der Waals surface area (Å²) in [6, 6.07) is 13.7. The highest BCUT2D eigenvalue weighted by Crippen LogP contribution is 2.16. The molecule has 2 aromatic rings. The van der Waals surface area contributed by atoms with E-state index in [0.29, 0.717) is 25.7 Å². The quantitative estimate of drug-likeness (QED) is 0.368. The number of ketones is 1. The van der Waals surface area contributed by atoms with E-state index < -0.39 is 11.0 Å². The van der Waals surface area contributed by atoms with Gasteiger partial charge in [0, 0.05) is 25.0 Å². The summed E-state index contributed by atoms with van der Waals surface area (Å²) in [6.07, 6.45) is 2.92. The van der Waals surface area contributed by atoms with Crippen molar-refractivity contribution in [1.29, 1.82) is 0 Å². The lowest BCUT2D eigenvalue weighted by molar-refractivity contribution is -0.384. The topological polar surface area (TPSA) is 89.7 Å². The zero-order chi connectivity index (χ0) is 19.6. The molecule has 0 fully saturated rings. The normalized spacial score (nSPS) is 11.8. The first-order chi connectivity index (χ1) is 13.0. The number of carbonyl (C=O) groups excluding carboxylic acids is 1. The second-order valence-electron chi connectivity index (χ2n) is 6.59. The lowest BCUT2D eigenvalue weighted by Crippen LogP contribution is -2.11. The molecule has 0 aliphatic rings. The monoisotopic (exact) mass is 371 g/mol. The Labute approximate surface area is 158 Å². The maximum absolute atomic E-state index is 12.1. The third kappa shape index (κ3) is 7.19. The van der Waals surface area contributed by atoms with Gasteiger partial charge in [-0.3, -0.25) is 14.9 Å². The number of unbranched alkanes of at least 4 members (excludes halogenated alkanes) is 1. The van der Waals surface area contributed by atoms with Crippen LogP contribution in [0.3, 0.4) is 0 Å². The molecule has 0 bridgehead atoms. The van der Waals surface area contributed by atoms with Crippen molar-refractivity contribution in [2.75, 3.05) is 7.11 Å². The maximum atomic E-state index is 12.1. The molecular formula is C21H25NO5. The van der Waals surface area contributed by atoms with E-state index in [-0.39, 0.29) is 11.5 Å². The van der Waals surface area contributed by atoms with Gasteiger partial charge in [0.15, 0.2) is 0 Å². The zero-order valence-corrected chi connectivity index (χ0v) is 15.5. The molecule has 0 radical (unpaired) electrons. The van der Waals surface area contributed by atoms with Crippen LogP contribution in [0, 0.1) is 10.1 Å². The molecule has 0 spiro atoms. The zero-order valence-electron chi connectivity index (χ0n) is 15.5. The van der Waals surface area contributed by atoms with Crippen LogP contribution in [0.5, 0.6) is 5.75 Å². The highest BCUT2D eigenvalue weighted by molar-refractivity contribution is 5.80. The number of benzene rings is 2. The third-order valence-corrected chi connectivity index (χ3v) is 4.40. The van der Waals surface area contributed by atoms with Gasteiger partial charge in [-0.2, -0.15) is 0 Å². The Morgan fingerprint density at radius 1 is 1.15 bits per heavy atom. The van der Waals surface area contributed by atoms with E-state index in [4.69, 9.17) is 4.74 Å². The Hall–Kier alpha value is -2.73. The number of non-ortho nitro benzene ring substituents is 1. The van der Waals surface area contributed by atoms with Crippen molar-refractivity contribution in [2.45, 2.75) is 44.6 Å². The largest absolute Gasteiger partial charge is 0.497 e. The number of aliphatic hydroxyl groups is 1. The van der Waals surface area contributed by atoms with E-state index in [1.54, 1.807) is 19.2 Å². The summed E-state index contributed by atoms with van der Waals surface area (Å²) in [5.41, 5.74) is 1.85. The molecule has 0 aromatic heterocycles. The first kappa shape index (κ1) is 20.6. The van der Waals surface area contributed by atoms with Crippen LogP contribution < -0.4 is 4.74 Å². The number of nitro benzene ring substituents is 1. The number of hydrogen-bond donors (Lipinski definition) is 1. The summed E-state index contributed by atoms with van der Waals surface area (Å²) in [5.74, 6) is 0.919. The molecule has 0 heterocycles. The highest BCUT2D eigenvalue weighted by Gasteiger charge is 2.10. The smallest absolute Gasteiger partial charge is 0.269 e. The van der Waals surface area contributed by atoms with Crippen LogP contribution in [-0.4, -0.2) is 29.0 Å². The number of nitro groups is 1. The molecular weight excluding hydrogens is 346 g/mol. The fourth-order valence-corrected chi connectivity index (χ4v) is 2.93. The number of carbonyl (C=O) groups is 1. The van der Waals surface area contributed by atoms with Gasteiger partial charge in [-0.1, -0.05) is 30.7 Å². The second-order valence-corrected chi connectivity index (χ2v) is 6.59. The van der Waals surface area contributed by atoms with Gasteiger partial charge >= 0.3 is 0 Å². The summed E-state index contributed by atoms with van der Waals surface area (Å²) >= 11 is 0. The van der Waals surface area contributed by atoms with Crippen LogP contribution in [0.25, 0.3) is 0 Å². The average molecular weight is 371 g/mol. The van der Waals surface area contributed by atoms with Gasteiger partial charge in [-0.15, -0.1) is 0 Å². The number of ether oxygens (including phenoxy) is 1. The average Bonchev–Trinajstić information content (AvgIpc) is 2.66. The summed E-state index contributed by atoms with van der Waals surface area (Å²) in [6.45, 7) is 0. The molecule has 1 N–H and O–H groups in total. The van der Waals surface area contributed by atoms with Crippen LogP contribution in [0.1, 0.15) is 36.8 Å². The number of methoxy groups -OCH3 is 1. The molecule has 0 unspecified atom stereocenters. The molecule has 0 saturated heterocycles. The van der Waals surface area contributed by atoms with E-state index in [0.717, 1.165) is 29.7 Å². The van der Waals surface area contributed by atoms with Crippen molar-refractivity contribution < 1.29 is 19.6 Å². The van der Waals surface area contributed by atoms with Crippen molar-refractivity contribution in [2.24, 2.45) is 0 Å². The first-order valence-electron chi connectivity index (χ1n) is 9.04. The van der Waals surface area contributed by atoms with Gasteiger partial charge in [0.25, 0.3) is 5.69 Å². The minimum Gasteiger partial charge on any atom is -0.497 e. The standard InChI is InChI=1S/C21H25NO5/c1-27-21-8-4-5-17(15-21)14-20(24)7-3-2-6-19(23)13-16-9-11-18(12-10-16)22(25)26/h4-5,8-12,15,19,23H,2-3,6-7,13-14H2,1H3/t19-/m0/s1. The number of Topliss-reactive ketones (excluding diaryl/α,β-unsaturated/α-hetero) is 1. The van der Waals surface area contributed by atoms with Gasteiger partial charge < -0.3 is 9.84 Å². The van der Waals surface area contributed by atoms with Gasteiger partial charge in [-0.05, 0) is 42.5 Å². The molecule has 0 saturated carbocycles. The lowest BCUT2D eigenvalue weighted by atomic mass is 10.0. The minimum atomic E-state index is -0.514. The summed E-state index contributed by atoms with van der Waals surface area (Å²) in [4.78, 5) is 22.3. The molecule has 6 heteroatoms. The summed E-state index contributed by atoms with van der Waals surface area (Å²) in [7, 11) is 1.60. The molecule has 6 nitrogen and oxygen atoms in total. The van der Waals surface area contributed by atoms with Crippen LogP contribution in [0.15, 0.2) is 48.5 Å². The Balaban J connectivity index is 1.66. The fourth-order valence-electron chi connectivity index (χ4n) is 2.93. The predicted molar refractivity (Wildman–Crippen MR) is 103 cm³/mol. The molecule has 27 heavy (non-hydrogen) atoms. The Morgan fingerprint density at radius 3 is 2.56 bits per heavy atom. The molecule has 1 atom stereocenters. The summed E-state index contributed by atoms with van der Waals surface area (Å²) < 4.78 is 5.16. The minimum absolute atomic E-state index is 0.0442. The molecule has 144 valence electrons. The molecule has 2 rings (SSSR count). The summed E-state index contributed by atoms with van der Waals surface area (Å²) in [5, 5.41) is 20.7. The van der Waals surface area contributed by atoms with E-state index in [1.165, 1.54) is 12.1 Å². The number of aliphatic hydroxyl groups excluding tert-OH is 1. The van der Waals surface area contributed by atoms with Crippen LogP contribution in [0.2, 0.25) is 0 Å². The van der Waals surface area contributed by atoms with Crippen molar-refractivity contribution in [3.63, 3.8) is 0 Å². The SMILES string of the molecule is COc1cccc(CC(=O)CCCC[C@H](O)Cc2ccc([N+](=O)[O-])cc2)c1. The molecule has 0 aliphatic carbocycles. The van der Waals surface area contributed by atoms with Crippen molar-refractivity contribution in [1.82, 2.24) is 0 Å². The number of nitrogens with zero attached hydrogens (tertiary/aromatic N) is 1. The van der Waals surface area contributed by atoms with Crippen molar-refractivity contribution in [3.8, 4) is 5.75 Å². The van der Waals surface area contributed by atoms with E-state index >= 15 is 0 Å². The Kier molecular flexibility index (Phi) is 7.95. The molecule has 2 aromatic carbocycles. The van der Waals surface area contributed by atoms with Crippen molar-refractivity contribution in [3.05, 3.63) is 69.8 Å². The van der Waals surface area contributed by atoms with Gasteiger partial charge in [0.1, 0.15) is 11.5 Å². The Morgan fingerprint density at radius 2 is 1.89 bits per heavy atom. The maximum Gasteiger partial charge on any atom is 0.269 e. The van der Waals surface area contributed by atoms with Crippen LogP contribution in [0.4, 0.5) is 5.69 Å². The van der Waals surface area contributed by atoms with E-state index in [1.807, 2.05) is 24.3 Å². The Bertz CT molecular complexity index is 757. The number of hydrogen-bond acceptors (Lipinski definition) is 5. The second kappa shape index (κ2) is 10.4. The number of rotatable bonds is 11. The fraction of sp³-hybridized carbons (Fsp3) is 0.381. The predicted octanol–water partition coefficient (Wildman–Crippen LogP) is 3.88. The lowest BCUT2D eigenvalue weighted by Gasteiger charge is -2.10. The van der Waals surface area contributed by atoms with Gasteiger partial charge in [-0.25, -0.2) is 0 Å². The van der Waals surface area contributed by atoms with Crippen molar-refractivity contribution >= 4 is 11.5 Å². The van der Waals surface area contributed by atoms with Crippen LogP contribution >= 0.6 is 0 Å². The molecule has 0 amide bonds.